The van der Waals surface area contributed by atoms with Gasteiger partial charge in [0.25, 0.3) is 0 Å². The minimum atomic E-state index is -0.307. The fourth-order valence-corrected chi connectivity index (χ4v) is 2.69. The van der Waals surface area contributed by atoms with Crippen LogP contribution in [0, 0.1) is 5.92 Å². The second-order valence-electron chi connectivity index (χ2n) is 4.36. The molecule has 1 saturated heterocycles. The SMILES string of the molecule is CCC(CC)C(Cl)C(=O)N1CCCCC1. The van der Waals surface area contributed by atoms with Crippen LogP contribution in [-0.2, 0) is 4.79 Å². The highest BCUT2D eigenvalue weighted by molar-refractivity contribution is 6.30. The molecule has 0 aromatic heterocycles. The van der Waals surface area contributed by atoms with E-state index in [-0.39, 0.29) is 11.3 Å². The highest BCUT2D eigenvalue weighted by atomic mass is 35.5. The Kier molecular flexibility index (Phi) is 5.44. The van der Waals surface area contributed by atoms with Crippen molar-refractivity contribution < 1.29 is 4.79 Å². The average Bonchev–Trinajstić information content (AvgIpc) is 2.30. The Balaban J connectivity index is 2.49. The first-order chi connectivity index (χ1) is 7.20. The van der Waals surface area contributed by atoms with E-state index in [2.05, 4.69) is 13.8 Å². The van der Waals surface area contributed by atoms with Gasteiger partial charge in [0, 0.05) is 13.1 Å². The third-order valence-corrected chi connectivity index (χ3v) is 3.91. The molecule has 3 heteroatoms. The van der Waals surface area contributed by atoms with Gasteiger partial charge in [-0.15, -0.1) is 11.6 Å². The first kappa shape index (κ1) is 12.8. The standard InChI is InChI=1S/C12H22ClNO/c1-3-10(4-2)11(13)12(15)14-8-6-5-7-9-14/h10-11H,3-9H2,1-2H3. The first-order valence-electron chi connectivity index (χ1n) is 6.13. The van der Waals surface area contributed by atoms with Crippen LogP contribution in [0.3, 0.4) is 0 Å². The molecule has 0 saturated carbocycles. The van der Waals surface area contributed by atoms with E-state index in [9.17, 15) is 4.79 Å². The molecule has 1 rings (SSSR count). The Morgan fingerprint density at radius 2 is 1.73 bits per heavy atom. The number of piperidine rings is 1. The summed E-state index contributed by atoms with van der Waals surface area (Å²) in [5.41, 5.74) is 0. The van der Waals surface area contributed by atoms with E-state index >= 15 is 0 Å². The predicted octanol–water partition coefficient (Wildman–Crippen LogP) is 3.04. The Morgan fingerprint density at radius 1 is 1.20 bits per heavy atom. The molecule has 0 spiro atoms. The quantitative estimate of drug-likeness (QED) is 0.681. The minimum Gasteiger partial charge on any atom is -0.341 e. The van der Waals surface area contributed by atoms with Crippen LogP contribution >= 0.6 is 11.6 Å². The Hall–Kier alpha value is -0.240. The smallest absolute Gasteiger partial charge is 0.240 e. The number of amides is 1. The molecule has 1 amide bonds. The number of halogens is 1. The van der Waals surface area contributed by atoms with Gasteiger partial charge >= 0.3 is 0 Å². The Bertz CT molecular complexity index is 198. The van der Waals surface area contributed by atoms with Crippen molar-refractivity contribution in [3.63, 3.8) is 0 Å². The zero-order chi connectivity index (χ0) is 11.3. The number of likely N-dealkylation sites (tertiary alicyclic amines) is 1. The molecular formula is C12H22ClNO. The monoisotopic (exact) mass is 231 g/mol. The van der Waals surface area contributed by atoms with Gasteiger partial charge in [-0.1, -0.05) is 26.7 Å². The van der Waals surface area contributed by atoms with Gasteiger partial charge in [0.2, 0.25) is 5.91 Å². The number of hydrogen-bond acceptors (Lipinski definition) is 1. The van der Waals surface area contributed by atoms with Gasteiger partial charge in [0.1, 0.15) is 5.38 Å². The van der Waals surface area contributed by atoms with Crippen molar-refractivity contribution in [1.82, 2.24) is 4.90 Å². The Morgan fingerprint density at radius 3 is 2.20 bits per heavy atom. The van der Waals surface area contributed by atoms with E-state index in [1.165, 1.54) is 6.42 Å². The molecule has 0 aliphatic carbocycles. The maximum atomic E-state index is 12.1. The second kappa shape index (κ2) is 6.37. The molecule has 1 unspecified atom stereocenters. The molecule has 0 radical (unpaired) electrons. The number of carbonyl (C=O) groups is 1. The summed E-state index contributed by atoms with van der Waals surface area (Å²) in [5.74, 6) is 0.492. The van der Waals surface area contributed by atoms with Crippen molar-refractivity contribution in [2.45, 2.75) is 51.3 Å². The molecule has 0 bridgehead atoms. The summed E-state index contributed by atoms with van der Waals surface area (Å²) in [6.07, 6.45) is 5.51. The van der Waals surface area contributed by atoms with Crippen molar-refractivity contribution >= 4 is 17.5 Å². The zero-order valence-electron chi connectivity index (χ0n) is 9.84. The van der Waals surface area contributed by atoms with Crippen molar-refractivity contribution in [2.75, 3.05) is 13.1 Å². The molecule has 1 heterocycles. The highest BCUT2D eigenvalue weighted by Gasteiger charge is 2.28. The number of alkyl halides is 1. The fraction of sp³-hybridized carbons (Fsp3) is 0.917. The van der Waals surface area contributed by atoms with E-state index in [1.54, 1.807) is 0 Å². The van der Waals surface area contributed by atoms with Crippen LogP contribution in [0.5, 0.6) is 0 Å². The third kappa shape index (κ3) is 3.37. The molecular weight excluding hydrogens is 210 g/mol. The van der Waals surface area contributed by atoms with Crippen LogP contribution in [0.25, 0.3) is 0 Å². The van der Waals surface area contributed by atoms with Gasteiger partial charge < -0.3 is 4.90 Å². The average molecular weight is 232 g/mol. The van der Waals surface area contributed by atoms with Crippen molar-refractivity contribution in [3.05, 3.63) is 0 Å². The maximum Gasteiger partial charge on any atom is 0.240 e. The predicted molar refractivity (Wildman–Crippen MR) is 64.1 cm³/mol. The molecule has 15 heavy (non-hydrogen) atoms. The molecule has 0 aromatic rings. The van der Waals surface area contributed by atoms with Crippen molar-refractivity contribution in [3.8, 4) is 0 Å². The molecule has 1 atom stereocenters. The Labute approximate surface area is 98.0 Å². The molecule has 88 valence electrons. The highest BCUT2D eigenvalue weighted by Crippen LogP contribution is 2.22. The summed E-state index contributed by atoms with van der Waals surface area (Å²) >= 11 is 6.24. The third-order valence-electron chi connectivity index (χ3n) is 3.37. The molecule has 1 aliphatic rings. The number of hydrogen-bond donors (Lipinski definition) is 0. The van der Waals surface area contributed by atoms with E-state index in [1.807, 2.05) is 4.90 Å². The van der Waals surface area contributed by atoms with E-state index in [0.29, 0.717) is 5.92 Å². The minimum absolute atomic E-state index is 0.157. The summed E-state index contributed by atoms with van der Waals surface area (Å²) in [7, 11) is 0. The van der Waals surface area contributed by atoms with Gasteiger partial charge in [-0.3, -0.25) is 4.79 Å². The lowest BCUT2D eigenvalue weighted by Crippen LogP contribution is -2.42. The first-order valence-corrected chi connectivity index (χ1v) is 6.57. The number of nitrogens with zero attached hydrogens (tertiary/aromatic N) is 1. The zero-order valence-corrected chi connectivity index (χ0v) is 10.6. The summed E-state index contributed by atoms with van der Waals surface area (Å²) < 4.78 is 0. The van der Waals surface area contributed by atoms with Gasteiger partial charge in [-0.25, -0.2) is 0 Å². The lowest BCUT2D eigenvalue weighted by molar-refractivity contribution is -0.132. The van der Waals surface area contributed by atoms with Crippen LogP contribution in [-0.4, -0.2) is 29.3 Å². The lowest BCUT2D eigenvalue weighted by Gasteiger charge is -2.30. The normalized spacial score (nSPS) is 19.3. The molecule has 2 nitrogen and oxygen atoms in total. The maximum absolute atomic E-state index is 12.1. The summed E-state index contributed by atoms with van der Waals surface area (Å²) in [5, 5.41) is -0.307. The van der Waals surface area contributed by atoms with E-state index in [4.69, 9.17) is 11.6 Å². The lowest BCUT2D eigenvalue weighted by atomic mass is 9.97. The van der Waals surface area contributed by atoms with E-state index in [0.717, 1.165) is 38.8 Å². The van der Waals surface area contributed by atoms with Gasteiger partial charge in [-0.05, 0) is 25.2 Å². The number of carbonyl (C=O) groups excluding carboxylic acids is 1. The molecule has 1 aliphatic heterocycles. The molecule has 0 N–H and O–H groups in total. The molecule has 0 aromatic carbocycles. The van der Waals surface area contributed by atoms with Gasteiger partial charge in [0.15, 0.2) is 0 Å². The topological polar surface area (TPSA) is 20.3 Å². The second-order valence-corrected chi connectivity index (χ2v) is 4.83. The summed E-state index contributed by atoms with van der Waals surface area (Å²) in [4.78, 5) is 14.0. The van der Waals surface area contributed by atoms with Gasteiger partial charge in [-0.2, -0.15) is 0 Å². The van der Waals surface area contributed by atoms with Crippen molar-refractivity contribution in [1.29, 1.82) is 0 Å². The molecule has 1 fully saturated rings. The van der Waals surface area contributed by atoms with Gasteiger partial charge in [0.05, 0.1) is 0 Å². The van der Waals surface area contributed by atoms with Crippen LogP contribution in [0.1, 0.15) is 46.0 Å². The van der Waals surface area contributed by atoms with Crippen LogP contribution < -0.4 is 0 Å². The number of rotatable bonds is 4. The van der Waals surface area contributed by atoms with Crippen molar-refractivity contribution in [2.24, 2.45) is 5.92 Å². The van der Waals surface area contributed by atoms with Crippen LogP contribution in [0.2, 0.25) is 0 Å². The summed E-state index contributed by atoms with van der Waals surface area (Å²) in [6, 6.07) is 0. The van der Waals surface area contributed by atoms with Crippen LogP contribution in [0.4, 0.5) is 0 Å². The fourth-order valence-electron chi connectivity index (χ4n) is 2.19. The van der Waals surface area contributed by atoms with E-state index < -0.39 is 0 Å². The largest absolute Gasteiger partial charge is 0.341 e. The van der Waals surface area contributed by atoms with Crippen LogP contribution in [0.15, 0.2) is 0 Å². The summed E-state index contributed by atoms with van der Waals surface area (Å²) in [6.45, 7) is 6.02.